The van der Waals surface area contributed by atoms with E-state index in [0.29, 0.717) is 0 Å². The fourth-order valence-electron chi connectivity index (χ4n) is 1.78. The lowest BCUT2D eigenvalue weighted by Crippen LogP contribution is -2.19. The van der Waals surface area contributed by atoms with E-state index >= 15 is 0 Å². The Morgan fingerprint density at radius 1 is 1.42 bits per heavy atom. The lowest BCUT2D eigenvalue weighted by molar-refractivity contribution is 0.795. The third-order valence-corrected chi connectivity index (χ3v) is 2.39. The molecule has 1 aromatic rings. The Kier molecular flexibility index (Phi) is 1.71. The van der Waals surface area contributed by atoms with E-state index in [0.717, 1.165) is 13.1 Å². The van der Waals surface area contributed by atoms with Gasteiger partial charge in [-0.25, -0.2) is 0 Å². The molecule has 2 rings (SSSR count). The smallest absolute Gasteiger partial charge is 0.131 e. The van der Waals surface area contributed by atoms with Crippen LogP contribution in [0.4, 0.5) is 11.5 Å². The predicted molar refractivity (Wildman–Crippen MR) is 51.8 cm³/mol. The molecule has 0 atom stereocenters. The molecule has 0 aliphatic carbocycles. The maximum Gasteiger partial charge on any atom is 0.131 e. The molecular weight excluding hydrogens is 150 g/mol. The summed E-state index contributed by atoms with van der Waals surface area (Å²) in [5.74, 6) is 1.30. The summed E-state index contributed by atoms with van der Waals surface area (Å²) >= 11 is 0. The summed E-state index contributed by atoms with van der Waals surface area (Å²) in [5.41, 5.74) is 1.26. The molecule has 3 nitrogen and oxygen atoms in total. The van der Waals surface area contributed by atoms with Crippen molar-refractivity contribution in [2.75, 3.05) is 30.4 Å². The number of aryl methyl sites for hydroxylation is 1. The minimum Gasteiger partial charge on any atom is -0.382 e. The maximum absolute atomic E-state index is 3.41. The number of nitrogens with zero attached hydrogens (tertiary/aromatic N) is 2. The van der Waals surface area contributed by atoms with Gasteiger partial charge in [-0.3, -0.25) is 0 Å². The molecule has 1 aromatic heterocycles. The lowest BCUT2D eigenvalue weighted by Gasteiger charge is -2.18. The van der Waals surface area contributed by atoms with Crippen LogP contribution in [-0.2, 0) is 7.05 Å². The normalized spacial score (nSPS) is 16.7. The van der Waals surface area contributed by atoms with Crippen LogP contribution in [0, 0.1) is 0 Å². The first-order chi connectivity index (χ1) is 5.79. The van der Waals surface area contributed by atoms with Crippen LogP contribution in [0.15, 0.2) is 12.3 Å². The number of nitrogens with one attached hydrogen (secondary N) is 1. The van der Waals surface area contributed by atoms with Gasteiger partial charge in [0.15, 0.2) is 0 Å². The van der Waals surface area contributed by atoms with Crippen LogP contribution in [0.25, 0.3) is 0 Å². The lowest BCUT2D eigenvalue weighted by atomic mass is 10.4. The van der Waals surface area contributed by atoms with Crippen molar-refractivity contribution in [3.05, 3.63) is 12.3 Å². The Bertz CT molecular complexity index is 277. The molecule has 3 heteroatoms. The Balaban J connectivity index is 2.42. The first-order valence-corrected chi connectivity index (χ1v) is 4.39. The van der Waals surface area contributed by atoms with Crippen molar-refractivity contribution in [3.8, 4) is 0 Å². The van der Waals surface area contributed by atoms with E-state index in [2.05, 4.69) is 41.1 Å². The molecule has 0 saturated carbocycles. The topological polar surface area (TPSA) is 20.2 Å². The first kappa shape index (κ1) is 7.53. The highest BCUT2D eigenvalue weighted by molar-refractivity contribution is 5.67. The molecule has 2 heterocycles. The van der Waals surface area contributed by atoms with Crippen molar-refractivity contribution in [1.82, 2.24) is 4.57 Å². The molecule has 12 heavy (non-hydrogen) atoms. The van der Waals surface area contributed by atoms with Crippen LogP contribution in [0.3, 0.4) is 0 Å². The molecule has 66 valence electrons. The molecule has 0 saturated heterocycles. The zero-order valence-electron chi connectivity index (χ0n) is 7.67. The summed E-state index contributed by atoms with van der Waals surface area (Å²) in [6.07, 6.45) is 3.31. The van der Waals surface area contributed by atoms with Gasteiger partial charge < -0.3 is 14.8 Å². The number of anilines is 2. The van der Waals surface area contributed by atoms with E-state index in [-0.39, 0.29) is 0 Å². The third kappa shape index (κ3) is 1.05. The summed E-state index contributed by atoms with van der Waals surface area (Å²) < 4.78 is 2.16. The fourth-order valence-corrected chi connectivity index (χ4v) is 1.78. The van der Waals surface area contributed by atoms with Crippen LogP contribution >= 0.6 is 0 Å². The van der Waals surface area contributed by atoms with Crippen molar-refractivity contribution >= 4 is 11.5 Å². The highest BCUT2D eigenvalue weighted by Crippen LogP contribution is 2.27. The number of rotatable bonds is 0. The van der Waals surface area contributed by atoms with Crippen molar-refractivity contribution in [2.45, 2.75) is 6.42 Å². The van der Waals surface area contributed by atoms with E-state index in [1.807, 2.05) is 0 Å². The molecular formula is C9H15N3. The van der Waals surface area contributed by atoms with Gasteiger partial charge >= 0.3 is 0 Å². The Morgan fingerprint density at radius 3 is 3.08 bits per heavy atom. The second-order valence-corrected chi connectivity index (χ2v) is 3.37. The fraction of sp³-hybridized carbons (Fsp3) is 0.556. The predicted octanol–water partition coefficient (Wildman–Crippen LogP) is 1.28. The molecule has 0 spiro atoms. The summed E-state index contributed by atoms with van der Waals surface area (Å²) in [6.45, 7) is 2.22. The second-order valence-electron chi connectivity index (χ2n) is 3.37. The molecule has 0 unspecified atom stereocenters. The zero-order chi connectivity index (χ0) is 8.55. The van der Waals surface area contributed by atoms with Crippen molar-refractivity contribution in [1.29, 1.82) is 0 Å². The van der Waals surface area contributed by atoms with Gasteiger partial charge in [-0.15, -0.1) is 0 Å². The van der Waals surface area contributed by atoms with Gasteiger partial charge in [0.2, 0.25) is 0 Å². The van der Waals surface area contributed by atoms with Crippen LogP contribution in [0.2, 0.25) is 0 Å². The van der Waals surface area contributed by atoms with E-state index in [1.165, 1.54) is 17.9 Å². The van der Waals surface area contributed by atoms with Gasteiger partial charge in [-0.2, -0.15) is 0 Å². The van der Waals surface area contributed by atoms with Gasteiger partial charge in [-0.1, -0.05) is 0 Å². The van der Waals surface area contributed by atoms with Gasteiger partial charge in [-0.05, 0) is 12.5 Å². The molecule has 0 bridgehead atoms. The number of hydrogen-bond donors (Lipinski definition) is 1. The molecule has 1 aliphatic heterocycles. The molecule has 0 radical (unpaired) electrons. The Morgan fingerprint density at radius 2 is 2.25 bits per heavy atom. The molecule has 0 aromatic carbocycles. The number of aromatic nitrogens is 1. The molecule has 0 fully saturated rings. The Hall–Kier alpha value is -1.12. The van der Waals surface area contributed by atoms with E-state index in [4.69, 9.17) is 0 Å². The van der Waals surface area contributed by atoms with E-state index in [9.17, 15) is 0 Å². The highest BCUT2D eigenvalue weighted by atomic mass is 15.2. The quantitative estimate of drug-likeness (QED) is 0.625. The standard InChI is InChI=1S/C9H15N3/c1-11-6-3-5-10-8-4-7-12(2)9(8)11/h4,7,10H,3,5-6H2,1-2H3. The van der Waals surface area contributed by atoms with Crippen molar-refractivity contribution in [2.24, 2.45) is 7.05 Å². The monoisotopic (exact) mass is 165 g/mol. The second kappa shape index (κ2) is 2.73. The zero-order valence-corrected chi connectivity index (χ0v) is 7.67. The average Bonchev–Trinajstić information content (AvgIpc) is 2.29. The van der Waals surface area contributed by atoms with Crippen LogP contribution in [0.5, 0.6) is 0 Å². The van der Waals surface area contributed by atoms with Gasteiger partial charge in [0.05, 0.1) is 5.69 Å². The summed E-state index contributed by atoms with van der Waals surface area (Å²) in [7, 11) is 4.23. The van der Waals surface area contributed by atoms with Gasteiger partial charge in [0.25, 0.3) is 0 Å². The summed E-state index contributed by atoms with van der Waals surface area (Å²) in [6, 6.07) is 2.14. The first-order valence-electron chi connectivity index (χ1n) is 4.39. The van der Waals surface area contributed by atoms with Crippen LogP contribution in [0.1, 0.15) is 6.42 Å². The Labute approximate surface area is 73.0 Å². The average molecular weight is 165 g/mol. The maximum atomic E-state index is 3.41. The van der Waals surface area contributed by atoms with E-state index < -0.39 is 0 Å². The highest BCUT2D eigenvalue weighted by Gasteiger charge is 2.13. The van der Waals surface area contributed by atoms with Crippen LogP contribution in [-0.4, -0.2) is 24.7 Å². The molecule has 1 N–H and O–H groups in total. The van der Waals surface area contributed by atoms with Crippen molar-refractivity contribution < 1.29 is 0 Å². The van der Waals surface area contributed by atoms with E-state index in [1.54, 1.807) is 0 Å². The summed E-state index contributed by atoms with van der Waals surface area (Å²) in [5, 5.41) is 3.41. The van der Waals surface area contributed by atoms with Crippen LogP contribution < -0.4 is 10.2 Å². The third-order valence-electron chi connectivity index (χ3n) is 2.39. The number of fused-ring (bicyclic) bond motifs is 1. The van der Waals surface area contributed by atoms with Gasteiger partial charge in [0, 0.05) is 33.4 Å². The molecule has 0 amide bonds. The largest absolute Gasteiger partial charge is 0.382 e. The SMILES string of the molecule is CN1CCCNc2ccn(C)c21. The van der Waals surface area contributed by atoms with Crippen molar-refractivity contribution in [3.63, 3.8) is 0 Å². The summed E-state index contributed by atoms with van der Waals surface area (Å²) in [4.78, 5) is 2.30. The number of hydrogen-bond acceptors (Lipinski definition) is 2. The minimum atomic E-state index is 1.08. The molecule has 1 aliphatic rings. The van der Waals surface area contributed by atoms with Gasteiger partial charge in [0.1, 0.15) is 5.82 Å². The minimum absolute atomic E-state index is 1.08.